The zero-order valence-corrected chi connectivity index (χ0v) is 13.5. The van der Waals surface area contributed by atoms with Gasteiger partial charge in [0.1, 0.15) is 0 Å². The smallest absolute Gasteiger partial charge is 0.0401 e. The lowest BCUT2D eigenvalue weighted by molar-refractivity contribution is 0.382. The van der Waals surface area contributed by atoms with Crippen LogP contribution in [-0.2, 0) is 6.42 Å². The lowest BCUT2D eigenvalue weighted by atomic mass is 9.94. The van der Waals surface area contributed by atoms with Gasteiger partial charge < -0.3 is 10.2 Å². The molecule has 0 amide bonds. The van der Waals surface area contributed by atoms with E-state index < -0.39 is 0 Å². The molecular weight excluding hydrogens is 244 g/mol. The highest BCUT2D eigenvalue weighted by Gasteiger charge is 2.26. The molecule has 0 saturated carbocycles. The summed E-state index contributed by atoms with van der Waals surface area (Å²) in [4.78, 5) is 2.62. The molecule has 1 aromatic carbocycles. The molecule has 0 saturated heterocycles. The Kier molecular flexibility index (Phi) is 5.47. The number of aryl methyl sites for hydroxylation is 1. The SMILES string of the molecule is CCCNC(CN1c2ccccc2CCC1C)C(C)C. The van der Waals surface area contributed by atoms with Crippen molar-refractivity contribution in [3.05, 3.63) is 29.8 Å². The number of hydrogen-bond acceptors (Lipinski definition) is 2. The van der Waals surface area contributed by atoms with Crippen LogP contribution in [0.25, 0.3) is 0 Å². The zero-order valence-electron chi connectivity index (χ0n) is 13.5. The molecule has 0 bridgehead atoms. The molecule has 1 heterocycles. The molecule has 0 aliphatic carbocycles. The van der Waals surface area contributed by atoms with E-state index in [9.17, 15) is 0 Å². The van der Waals surface area contributed by atoms with Crippen LogP contribution in [0.15, 0.2) is 24.3 Å². The van der Waals surface area contributed by atoms with Crippen molar-refractivity contribution < 1.29 is 0 Å². The summed E-state index contributed by atoms with van der Waals surface area (Å²) in [6.45, 7) is 11.5. The highest BCUT2D eigenvalue weighted by atomic mass is 15.2. The first kappa shape index (κ1) is 15.4. The minimum Gasteiger partial charge on any atom is -0.367 e. The van der Waals surface area contributed by atoms with E-state index in [-0.39, 0.29) is 0 Å². The molecule has 2 heteroatoms. The molecular formula is C18H30N2. The molecule has 0 radical (unpaired) electrons. The number of anilines is 1. The highest BCUT2D eigenvalue weighted by Crippen LogP contribution is 2.30. The van der Waals surface area contributed by atoms with Gasteiger partial charge in [-0.25, -0.2) is 0 Å². The molecule has 2 nitrogen and oxygen atoms in total. The second-order valence-corrected chi connectivity index (χ2v) is 6.47. The van der Waals surface area contributed by atoms with Crippen LogP contribution in [0, 0.1) is 5.92 Å². The van der Waals surface area contributed by atoms with Crippen molar-refractivity contribution in [3.63, 3.8) is 0 Å². The molecule has 2 unspecified atom stereocenters. The second kappa shape index (κ2) is 7.12. The topological polar surface area (TPSA) is 15.3 Å². The van der Waals surface area contributed by atoms with E-state index >= 15 is 0 Å². The van der Waals surface area contributed by atoms with Crippen LogP contribution >= 0.6 is 0 Å². The third-order valence-corrected chi connectivity index (χ3v) is 4.52. The summed E-state index contributed by atoms with van der Waals surface area (Å²) in [5, 5.41) is 3.73. The maximum Gasteiger partial charge on any atom is 0.0401 e. The average Bonchev–Trinajstić information content (AvgIpc) is 2.45. The van der Waals surface area contributed by atoms with Crippen LogP contribution < -0.4 is 10.2 Å². The summed E-state index contributed by atoms with van der Waals surface area (Å²) < 4.78 is 0. The Morgan fingerprint density at radius 2 is 2.05 bits per heavy atom. The van der Waals surface area contributed by atoms with E-state index in [2.05, 4.69) is 62.2 Å². The quantitative estimate of drug-likeness (QED) is 0.847. The number of fused-ring (bicyclic) bond motifs is 1. The van der Waals surface area contributed by atoms with Crippen molar-refractivity contribution in [3.8, 4) is 0 Å². The molecule has 1 N–H and O–H groups in total. The van der Waals surface area contributed by atoms with E-state index in [4.69, 9.17) is 0 Å². The Labute approximate surface area is 124 Å². The summed E-state index contributed by atoms with van der Waals surface area (Å²) in [5.74, 6) is 0.669. The van der Waals surface area contributed by atoms with Gasteiger partial charge in [0.05, 0.1) is 0 Å². The van der Waals surface area contributed by atoms with Gasteiger partial charge >= 0.3 is 0 Å². The first-order chi connectivity index (χ1) is 9.63. The zero-order chi connectivity index (χ0) is 14.5. The molecule has 112 valence electrons. The van der Waals surface area contributed by atoms with Crippen molar-refractivity contribution in [2.75, 3.05) is 18.0 Å². The van der Waals surface area contributed by atoms with E-state index in [1.54, 1.807) is 0 Å². The minimum atomic E-state index is 0.573. The van der Waals surface area contributed by atoms with Gasteiger partial charge in [0.2, 0.25) is 0 Å². The summed E-state index contributed by atoms with van der Waals surface area (Å²) in [6.07, 6.45) is 3.70. The molecule has 0 aromatic heterocycles. The number of nitrogens with one attached hydrogen (secondary N) is 1. The van der Waals surface area contributed by atoms with Gasteiger partial charge in [0.15, 0.2) is 0 Å². The van der Waals surface area contributed by atoms with Crippen LogP contribution in [0.3, 0.4) is 0 Å². The molecule has 1 aliphatic heterocycles. The largest absolute Gasteiger partial charge is 0.367 e. The summed E-state index contributed by atoms with van der Waals surface area (Å²) in [5.41, 5.74) is 2.97. The maximum absolute atomic E-state index is 3.73. The van der Waals surface area contributed by atoms with Crippen molar-refractivity contribution in [1.82, 2.24) is 5.32 Å². The molecule has 1 aromatic rings. The van der Waals surface area contributed by atoms with Crippen molar-refractivity contribution in [2.45, 2.75) is 59.0 Å². The number of benzene rings is 1. The molecule has 1 aliphatic rings. The Bertz CT molecular complexity index is 414. The lowest BCUT2D eigenvalue weighted by Crippen LogP contribution is -2.49. The molecule has 2 atom stereocenters. The van der Waals surface area contributed by atoms with E-state index in [0.717, 1.165) is 13.1 Å². The first-order valence-electron chi connectivity index (χ1n) is 8.21. The van der Waals surface area contributed by atoms with Crippen molar-refractivity contribution in [2.24, 2.45) is 5.92 Å². The Morgan fingerprint density at radius 3 is 2.75 bits per heavy atom. The van der Waals surface area contributed by atoms with Gasteiger partial charge in [-0.05, 0) is 50.3 Å². The third kappa shape index (κ3) is 3.54. The van der Waals surface area contributed by atoms with E-state index in [1.807, 2.05) is 0 Å². The number of para-hydroxylation sites is 1. The number of nitrogens with zero attached hydrogens (tertiary/aromatic N) is 1. The van der Waals surface area contributed by atoms with Gasteiger partial charge in [-0.2, -0.15) is 0 Å². The van der Waals surface area contributed by atoms with Gasteiger partial charge in [-0.15, -0.1) is 0 Å². The fourth-order valence-corrected chi connectivity index (χ4v) is 3.09. The van der Waals surface area contributed by atoms with Gasteiger partial charge in [-0.1, -0.05) is 39.0 Å². The number of rotatable bonds is 6. The van der Waals surface area contributed by atoms with E-state index in [0.29, 0.717) is 18.0 Å². The van der Waals surface area contributed by atoms with Gasteiger partial charge in [-0.3, -0.25) is 0 Å². The minimum absolute atomic E-state index is 0.573. The highest BCUT2D eigenvalue weighted by molar-refractivity contribution is 5.56. The maximum atomic E-state index is 3.73. The van der Waals surface area contributed by atoms with Gasteiger partial charge in [0, 0.05) is 24.3 Å². The van der Waals surface area contributed by atoms with E-state index in [1.165, 1.54) is 30.5 Å². The molecule has 0 fully saturated rings. The third-order valence-electron chi connectivity index (χ3n) is 4.52. The summed E-state index contributed by atoms with van der Waals surface area (Å²) >= 11 is 0. The fourth-order valence-electron chi connectivity index (χ4n) is 3.09. The van der Waals surface area contributed by atoms with Crippen LogP contribution in [0.4, 0.5) is 5.69 Å². The Balaban J connectivity index is 2.13. The van der Waals surface area contributed by atoms with Crippen molar-refractivity contribution in [1.29, 1.82) is 0 Å². The van der Waals surface area contributed by atoms with Gasteiger partial charge in [0.25, 0.3) is 0 Å². The second-order valence-electron chi connectivity index (χ2n) is 6.47. The van der Waals surface area contributed by atoms with Crippen LogP contribution in [-0.4, -0.2) is 25.2 Å². The molecule has 0 spiro atoms. The molecule has 2 rings (SSSR count). The predicted octanol–water partition coefficient (Wildman–Crippen LogP) is 3.85. The normalized spacial score (nSPS) is 20.1. The van der Waals surface area contributed by atoms with Crippen LogP contribution in [0.2, 0.25) is 0 Å². The Morgan fingerprint density at radius 1 is 1.30 bits per heavy atom. The predicted molar refractivity (Wildman–Crippen MR) is 88.5 cm³/mol. The Hall–Kier alpha value is -1.02. The van der Waals surface area contributed by atoms with Crippen LogP contribution in [0.1, 0.15) is 46.1 Å². The number of hydrogen-bond donors (Lipinski definition) is 1. The van der Waals surface area contributed by atoms with Crippen LogP contribution in [0.5, 0.6) is 0 Å². The summed E-state index contributed by atoms with van der Waals surface area (Å²) in [6, 6.07) is 10.1. The fraction of sp³-hybridized carbons (Fsp3) is 0.667. The monoisotopic (exact) mass is 274 g/mol. The lowest BCUT2D eigenvalue weighted by Gasteiger charge is -2.40. The van der Waals surface area contributed by atoms with Crippen molar-refractivity contribution >= 4 is 5.69 Å². The standard InChI is InChI=1S/C18H30N2/c1-5-12-19-17(14(2)3)13-20-15(4)10-11-16-8-6-7-9-18(16)20/h6-9,14-15,17,19H,5,10-13H2,1-4H3. The average molecular weight is 274 g/mol. The summed E-state index contributed by atoms with van der Waals surface area (Å²) in [7, 11) is 0. The molecule has 20 heavy (non-hydrogen) atoms. The first-order valence-corrected chi connectivity index (χ1v) is 8.21.